The van der Waals surface area contributed by atoms with Gasteiger partial charge in [-0.2, -0.15) is 0 Å². The van der Waals surface area contributed by atoms with E-state index in [0.717, 1.165) is 11.4 Å². The second kappa shape index (κ2) is 43.6. The molecule has 25 nitrogen and oxygen atoms in total. The van der Waals surface area contributed by atoms with Crippen molar-refractivity contribution < 1.29 is 70.5 Å². The van der Waals surface area contributed by atoms with Crippen LogP contribution in [0.2, 0.25) is 0 Å². The van der Waals surface area contributed by atoms with Gasteiger partial charge in [0, 0.05) is 104 Å². The SMILES string of the molecule is CC[C@H](C)[C@@H]([C@@H](CC(=O)N1CCC[C@H]1[C@H](OC)[C@@H](C)C(=O)N[C@@H](Cc1ccc(OC(=O)N2CCC(CNC(=O)c3cc(CBr)nc(CBr)c3)CC2)cc1)C(=O)NS(=O)(=O)C1CC1)OC)N(C)C(=O)[C@@H](CC(=O)[C@H](C(C)C)N(C)C)C(C)C.O=C(OC(=O)c1cc(CBr)nc(CBr)c1)c1cc(CBr)nc(CBr)c1. The summed E-state index contributed by atoms with van der Waals surface area (Å²) >= 11 is 20.1. The number of piperidine rings is 1. The second-order valence-electron chi connectivity index (χ2n) is 28.4. The Hall–Kier alpha value is -5.19. The van der Waals surface area contributed by atoms with Crippen LogP contribution in [0.15, 0.2) is 60.7 Å². The number of carbonyl (C=O) groups excluding carboxylic acids is 9. The number of sulfonamides is 1. The minimum atomic E-state index is -4.00. The molecule has 2 saturated heterocycles. The lowest BCUT2D eigenvalue weighted by Crippen LogP contribution is -2.55. The molecule has 1 aromatic carbocycles. The fourth-order valence-electron chi connectivity index (χ4n) is 13.6. The van der Waals surface area contributed by atoms with Gasteiger partial charge in [0.15, 0.2) is 5.78 Å². The number of halogens is 6. The van der Waals surface area contributed by atoms with Crippen LogP contribution in [0.1, 0.15) is 177 Å². The number of methoxy groups -OCH3 is 2. The number of pyridine rings is 3. The summed E-state index contributed by atoms with van der Waals surface area (Å²) in [5.41, 5.74) is 5.90. The molecule has 0 unspecified atom stereocenters. The predicted molar refractivity (Wildman–Crippen MR) is 429 cm³/mol. The summed E-state index contributed by atoms with van der Waals surface area (Å²) in [5, 5.41) is 8.15. The van der Waals surface area contributed by atoms with Gasteiger partial charge in [0.05, 0.1) is 93.2 Å². The highest BCUT2D eigenvalue weighted by Gasteiger charge is 2.45. The number of aromatic nitrogens is 3. The number of hydrogen-bond acceptors (Lipinski definition) is 19. The van der Waals surface area contributed by atoms with Crippen molar-refractivity contribution in [3.63, 3.8) is 0 Å². The Morgan fingerprint density at radius 3 is 1.58 bits per heavy atom. The van der Waals surface area contributed by atoms with E-state index in [4.69, 9.17) is 18.9 Å². The van der Waals surface area contributed by atoms with Crippen LogP contribution in [0, 0.1) is 35.5 Å². The van der Waals surface area contributed by atoms with Crippen LogP contribution in [0.3, 0.4) is 0 Å². The number of likely N-dealkylation sites (tertiary alicyclic amines) is 2. The van der Waals surface area contributed by atoms with Gasteiger partial charge >= 0.3 is 18.0 Å². The monoisotopic (exact) mass is 1890 g/mol. The molecule has 0 spiro atoms. The molecular weight excluding hydrogens is 1790 g/mol. The summed E-state index contributed by atoms with van der Waals surface area (Å²) in [6.45, 7) is 15.3. The first-order valence-corrected chi connectivity index (χ1v) is 44.2. The highest BCUT2D eigenvalue weighted by atomic mass is 79.9. The molecule has 107 heavy (non-hydrogen) atoms. The van der Waals surface area contributed by atoms with Gasteiger partial charge in [-0.25, -0.2) is 22.8 Å². The number of benzene rings is 1. The van der Waals surface area contributed by atoms with Gasteiger partial charge in [0.1, 0.15) is 11.8 Å². The smallest absolute Gasteiger partial charge is 0.410 e. The van der Waals surface area contributed by atoms with Crippen LogP contribution in [-0.4, -0.2) is 199 Å². The van der Waals surface area contributed by atoms with Crippen LogP contribution in [-0.2, 0) is 86.6 Å². The molecule has 590 valence electrons. The Labute approximate surface area is 680 Å². The average Bonchev–Trinajstić information content (AvgIpc) is 1.80. The first kappa shape index (κ1) is 90.7. The van der Waals surface area contributed by atoms with Gasteiger partial charge in [-0.05, 0) is 130 Å². The Morgan fingerprint density at radius 1 is 0.636 bits per heavy atom. The minimum absolute atomic E-state index is 0.00325. The van der Waals surface area contributed by atoms with Crippen molar-refractivity contribution in [3.8, 4) is 5.75 Å². The van der Waals surface area contributed by atoms with E-state index in [1.165, 1.54) is 14.2 Å². The third-order valence-electron chi connectivity index (χ3n) is 19.7. The Kier molecular flexibility index (Phi) is 36.9. The van der Waals surface area contributed by atoms with E-state index < -0.39 is 87.3 Å². The zero-order chi connectivity index (χ0) is 79.1. The largest absolute Gasteiger partial charge is 0.415 e. The summed E-state index contributed by atoms with van der Waals surface area (Å²) in [7, 11) is 4.46. The summed E-state index contributed by atoms with van der Waals surface area (Å²) in [6, 6.07) is 13.6. The van der Waals surface area contributed by atoms with Gasteiger partial charge in [0.25, 0.3) is 11.8 Å². The maximum Gasteiger partial charge on any atom is 0.415 e. The first-order chi connectivity index (χ1) is 50.8. The van der Waals surface area contributed by atoms with Crippen molar-refractivity contribution in [2.45, 2.75) is 186 Å². The third kappa shape index (κ3) is 26.2. The highest BCUT2D eigenvalue weighted by molar-refractivity contribution is 9.09. The number of Topliss-reactive ketones (excluding diaryl/α,β-unsaturated/α-hetero) is 1. The molecular formula is C75H102Br6N10O15S. The van der Waals surface area contributed by atoms with E-state index in [-0.39, 0.29) is 89.4 Å². The van der Waals surface area contributed by atoms with Crippen molar-refractivity contribution >= 4 is 159 Å². The van der Waals surface area contributed by atoms with Crippen LogP contribution in [0.4, 0.5) is 4.79 Å². The molecule has 6 amide bonds. The average molecular weight is 1900 g/mol. The first-order valence-electron chi connectivity index (χ1n) is 35.9. The maximum atomic E-state index is 14.6. The van der Waals surface area contributed by atoms with Crippen LogP contribution in [0.25, 0.3) is 0 Å². The molecule has 1 saturated carbocycles. The normalized spacial score (nSPS) is 17.0. The van der Waals surface area contributed by atoms with Crippen LogP contribution in [0.5, 0.6) is 5.75 Å². The molecule has 7 rings (SSSR count). The number of ether oxygens (including phenoxy) is 4. The molecule has 0 bridgehead atoms. The minimum Gasteiger partial charge on any atom is -0.410 e. The fourth-order valence-corrected chi connectivity index (χ4v) is 16.7. The number of ketones is 1. The van der Waals surface area contributed by atoms with E-state index in [9.17, 15) is 51.6 Å². The van der Waals surface area contributed by atoms with Crippen LogP contribution >= 0.6 is 95.6 Å². The van der Waals surface area contributed by atoms with E-state index in [2.05, 4.69) is 126 Å². The molecule has 9 atom stereocenters. The second-order valence-corrected chi connectivity index (χ2v) is 33.7. The van der Waals surface area contributed by atoms with E-state index in [1.807, 2.05) is 60.5 Å². The number of nitrogens with zero attached hydrogens (tertiary/aromatic N) is 7. The van der Waals surface area contributed by atoms with Gasteiger partial charge in [-0.15, -0.1) is 0 Å². The number of rotatable bonds is 36. The molecule has 3 N–H and O–H groups in total. The molecule has 5 heterocycles. The summed E-state index contributed by atoms with van der Waals surface area (Å²) in [6.07, 6.45) is 1.81. The molecule has 32 heteroatoms. The van der Waals surface area contributed by atoms with E-state index in [1.54, 1.807) is 89.3 Å². The summed E-state index contributed by atoms with van der Waals surface area (Å²) in [4.78, 5) is 142. The lowest BCUT2D eigenvalue weighted by atomic mass is 9.83. The standard InChI is InChI=1S/C59H90Br2N8O12S.C16H12Br4N2O3/c1-13-37(6)53(67(10)58(75)46(35(2)3)30-49(70)52(36(4)5)66(8)9)50(79-11)31-51(71)69-24-14-15-48(69)54(80-12)38(7)55(72)64-47(57(74)65-82(77,78)45-20-21-45)27-39-16-18-44(19-17-39)81-59(76)68-25-22-40(23-26-68)34-62-56(73)41-28-42(32-60)63-43(29-41)33-61;17-5-11-1-9(2-12(6-18)21-11)15(23)25-16(24)10-3-13(7-19)22-14(4-10)8-20/h16-19,28-29,35-38,40,45-48,50,52-54H,13-15,20-27,30-34H2,1-12H3,(H,62,73)(H,64,72)(H,65,74);1-4H,5-8H2/t37-,38+,46-,47-,48-,50+,52-,53-,54+;/m0./s1. The predicted octanol–water partition coefficient (Wildman–Crippen LogP) is 11.9. The lowest BCUT2D eigenvalue weighted by Gasteiger charge is -2.41. The van der Waals surface area contributed by atoms with E-state index in [0.29, 0.717) is 137 Å². The number of nitrogens with one attached hydrogen (secondary N) is 3. The number of hydrogen-bond donors (Lipinski definition) is 3. The van der Waals surface area contributed by atoms with Crippen molar-refractivity contribution in [3.05, 3.63) is 117 Å². The Balaban J connectivity index is 0.000000601. The van der Waals surface area contributed by atoms with Gasteiger partial charge < -0.3 is 44.3 Å². The number of likely N-dealkylation sites (N-methyl/N-ethyl adjacent to an activating group) is 2. The topological polar surface area (TPSA) is 312 Å². The number of esters is 2. The van der Waals surface area contributed by atoms with Gasteiger partial charge in [0.2, 0.25) is 27.7 Å². The molecule has 3 aromatic heterocycles. The molecule has 3 aliphatic rings. The lowest BCUT2D eigenvalue weighted by molar-refractivity contribution is -0.149. The zero-order valence-electron chi connectivity index (χ0n) is 62.9. The third-order valence-corrected chi connectivity index (χ3v) is 25.0. The molecule has 3 fully saturated rings. The Bertz CT molecular complexity index is 3690. The van der Waals surface area contributed by atoms with Crippen LogP contribution < -0.4 is 20.1 Å². The number of carbonyl (C=O) groups is 9. The molecule has 4 aromatic rings. The highest BCUT2D eigenvalue weighted by Crippen LogP contribution is 2.33. The summed E-state index contributed by atoms with van der Waals surface area (Å²) < 4.78 is 51.2. The molecule has 1 aliphatic carbocycles. The number of alkyl halides is 6. The molecule has 0 radical (unpaired) electrons. The van der Waals surface area contributed by atoms with Gasteiger partial charge in [-0.1, -0.05) is 163 Å². The zero-order valence-corrected chi connectivity index (χ0v) is 73.2. The van der Waals surface area contributed by atoms with Crippen molar-refractivity contribution in [1.29, 1.82) is 0 Å². The number of amides is 6. The van der Waals surface area contributed by atoms with Crippen molar-refractivity contribution in [2.75, 3.05) is 61.5 Å². The van der Waals surface area contributed by atoms with E-state index >= 15 is 0 Å². The molecule has 2 aliphatic heterocycles. The maximum absolute atomic E-state index is 14.6. The van der Waals surface area contributed by atoms with Gasteiger partial charge in [-0.3, -0.25) is 53.3 Å². The quantitative estimate of drug-likeness (QED) is 0.0216. The van der Waals surface area contributed by atoms with Crippen molar-refractivity contribution in [1.82, 2.24) is 49.9 Å². The Morgan fingerprint density at radius 2 is 1.14 bits per heavy atom. The van der Waals surface area contributed by atoms with Crippen molar-refractivity contribution in [2.24, 2.45) is 35.5 Å². The summed E-state index contributed by atoms with van der Waals surface area (Å²) in [5.74, 6) is -4.80. The fraction of sp³-hybridized carbons (Fsp3) is 0.600.